The van der Waals surface area contributed by atoms with E-state index in [1.807, 2.05) is 30.3 Å². The lowest BCUT2D eigenvalue weighted by Gasteiger charge is -2.35. The number of benzene rings is 3. The van der Waals surface area contributed by atoms with Gasteiger partial charge in [0.05, 0.1) is 4.92 Å². The molecule has 3 aromatic carbocycles. The van der Waals surface area contributed by atoms with Gasteiger partial charge in [0, 0.05) is 39.6 Å². The van der Waals surface area contributed by atoms with Crippen LogP contribution in [0.5, 0.6) is 5.75 Å². The maximum atomic E-state index is 12.2. The van der Waals surface area contributed by atoms with E-state index in [0.29, 0.717) is 5.69 Å². The zero-order valence-electron chi connectivity index (χ0n) is 20.5. The normalized spacial score (nSPS) is 14.0. The third kappa shape index (κ3) is 6.09. The first-order valence-corrected chi connectivity index (χ1v) is 12.7. The van der Waals surface area contributed by atoms with E-state index in [1.54, 1.807) is 6.07 Å². The molecule has 0 saturated heterocycles. The van der Waals surface area contributed by atoms with E-state index in [-0.39, 0.29) is 22.4 Å². The number of nitro groups is 1. The van der Waals surface area contributed by atoms with Crippen LogP contribution in [-0.2, 0) is 0 Å². The van der Waals surface area contributed by atoms with E-state index in [0.717, 1.165) is 22.7 Å². The second kappa shape index (κ2) is 10.5. The molecule has 9 heteroatoms. The van der Waals surface area contributed by atoms with E-state index in [2.05, 4.69) is 48.3 Å². The molecule has 0 spiro atoms. The van der Waals surface area contributed by atoms with Crippen molar-refractivity contribution in [3.05, 3.63) is 82.9 Å². The van der Waals surface area contributed by atoms with Crippen molar-refractivity contribution < 1.29 is 14.5 Å². The van der Waals surface area contributed by atoms with E-state index in [4.69, 9.17) is 4.74 Å². The molecular formula is C27H30N4O4S. The number of hydrogen-bond donors (Lipinski definition) is 3. The summed E-state index contributed by atoms with van der Waals surface area (Å²) in [6, 6.07) is 21.0. The summed E-state index contributed by atoms with van der Waals surface area (Å²) in [4.78, 5) is 23.3. The summed E-state index contributed by atoms with van der Waals surface area (Å²) in [5, 5.41) is 17.2. The van der Waals surface area contributed by atoms with Gasteiger partial charge in [0.1, 0.15) is 5.75 Å². The lowest BCUT2D eigenvalue weighted by molar-refractivity contribution is -0.384. The minimum atomic E-state index is -0.679. The molecule has 0 atom stereocenters. The Hall–Kier alpha value is -3.72. The third-order valence-electron chi connectivity index (χ3n) is 6.82. The molecule has 0 aliphatic heterocycles. The van der Waals surface area contributed by atoms with Crippen LogP contribution in [0.25, 0.3) is 0 Å². The Morgan fingerprint density at radius 3 is 2.31 bits per heavy atom. The molecule has 0 bridgehead atoms. The number of ether oxygens (including phenoxy) is 1. The van der Waals surface area contributed by atoms with Gasteiger partial charge in [-0.2, -0.15) is 0 Å². The summed E-state index contributed by atoms with van der Waals surface area (Å²) in [6.07, 6.45) is 2.87. The Balaban J connectivity index is 1.29. The smallest absolute Gasteiger partial charge is 0.410 e. The fourth-order valence-electron chi connectivity index (χ4n) is 3.97. The number of rotatable bonds is 10. The van der Waals surface area contributed by atoms with Crippen molar-refractivity contribution in [3.63, 3.8) is 0 Å². The highest BCUT2D eigenvalue weighted by Crippen LogP contribution is 2.53. The van der Waals surface area contributed by atoms with Crippen LogP contribution in [0.1, 0.15) is 40.0 Å². The summed E-state index contributed by atoms with van der Waals surface area (Å²) in [5.74, 6) is 0.217. The maximum Gasteiger partial charge on any atom is 0.417 e. The molecule has 8 nitrogen and oxygen atoms in total. The number of carbonyl (C=O) groups is 1. The molecule has 3 aromatic rings. The molecule has 0 unspecified atom stereocenters. The zero-order valence-corrected chi connectivity index (χ0v) is 21.4. The first-order chi connectivity index (χ1) is 17.2. The molecule has 1 amide bonds. The van der Waals surface area contributed by atoms with Crippen LogP contribution in [0.4, 0.5) is 27.5 Å². The molecule has 188 valence electrons. The zero-order chi connectivity index (χ0) is 25.8. The first-order valence-electron chi connectivity index (χ1n) is 11.8. The summed E-state index contributed by atoms with van der Waals surface area (Å²) >= 11 is 1.44. The predicted octanol–water partition coefficient (Wildman–Crippen LogP) is 7.71. The Morgan fingerprint density at radius 2 is 1.69 bits per heavy atom. The van der Waals surface area contributed by atoms with Crippen LogP contribution in [0.3, 0.4) is 0 Å². The van der Waals surface area contributed by atoms with E-state index >= 15 is 0 Å². The Labute approximate surface area is 215 Å². The predicted molar refractivity (Wildman–Crippen MR) is 145 cm³/mol. The molecule has 1 aliphatic rings. The van der Waals surface area contributed by atoms with Gasteiger partial charge in [-0.1, -0.05) is 26.8 Å². The molecule has 0 radical (unpaired) electrons. The first kappa shape index (κ1) is 25.4. The van der Waals surface area contributed by atoms with Crippen molar-refractivity contribution in [2.45, 2.75) is 50.5 Å². The topological polar surface area (TPSA) is 106 Å². The average Bonchev–Trinajstić information content (AvgIpc) is 3.65. The van der Waals surface area contributed by atoms with Crippen LogP contribution < -0.4 is 20.1 Å². The fourth-order valence-corrected chi connectivity index (χ4v) is 4.68. The second-order valence-electron chi connectivity index (χ2n) is 9.52. The van der Waals surface area contributed by atoms with Crippen molar-refractivity contribution in [3.8, 4) is 5.75 Å². The van der Waals surface area contributed by atoms with Crippen molar-refractivity contribution in [2.24, 2.45) is 5.41 Å². The monoisotopic (exact) mass is 506 g/mol. The number of nitro benzene ring substituents is 1. The summed E-state index contributed by atoms with van der Waals surface area (Å²) in [6.45, 7) is 6.91. The Kier molecular flexibility index (Phi) is 7.40. The van der Waals surface area contributed by atoms with Crippen LogP contribution in [0.15, 0.2) is 77.7 Å². The van der Waals surface area contributed by atoms with Crippen molar-refractivity contribution in [2.75, 3.05) is 15.4 Å². The summed E-state index contributed by atoms with van der Waals surface area (Å²) in [5.41, 5.74) is 3.05. The average molecular weight is 507 g/mol. The van der Waals surface area contributed by atoms with Crippen LogP contribution in [0.2, 0.25) is 0 Å². The molecule has 4 rings (SSSR count). The molecule has 0 heterocycles. The van der Waals surface area contributed by atoms with Crippen molar-refractivity contribution in [1.82, 2.24) is 0 Å². The lowest BCUT2D eigenvalue weighted by Crippen LogP contribution is -2.38. The largest absolute Gasteiger partial charge is 0.417 e. The van der Waals surface area contributed by atoms with E-state index < -0.39 is 11.0 Å². The molecule has 0 aromatic heterocycles. The fraction of sp³-hybridized carbons (Fsp3) is 0.296. The minimum absolute atomic E-state index is 0.0711. The van der Waals surface area contributed by atoms with Crippen LogP contribution in [-0.4, -0.2) is 16.6 Å². The van der Waals surface area contributed by atoms with Gasteiger partial charge in [0.2, 0.25) is 0 Å². The number of non-ortho nitro benzene ring substituents is 1. The van der Waals surface area contributed by atoms with Crippen LogP contribution >= 0.6 is 11.9 Å². The van der Waals surface area contributed by atoms with Gasteiger partial charge >= 0.3 is 6.09 Å². The summed E-state index contributed by atoms with van der Waals surface area (Å²) < 4.78 is 8.53. The van der Waals surface area contributed by atoms with Crippen molar-refractivity contribution >= 4 is 40.8 Å². The Bertz CT molecular complexity index is 1230. The number of nitrogens with zero attached hydrogens (tertiary/aromatic N) is 1. The highest BCUT2D eigenvalue weighted by atomic mass is 32.2. The number of amides is 1. The quantitative estimate of drug-likeness (QED) is 0.147. The van der Waals surface area contributed by atoms with E-state index in [1.165, 1.54) is 49.1 Å². The van der Waals surface area contributed by atoms with Gasteiger partial charge in [0.15, 0.2) is 0 Å². The summed E-state index contributed by atoms with van der Waals surface area (Å²) in [7, 11) is 0. The van der Waals surface area contributed by atoms with Gasteiger partial charge in [-0.3, -0.25) is 15.4 Å². The highest BCUT2D eigenvalue weighted by molar-refractivity contribution is 8.00. The molecule has 1 saturated carbocycles. The Morgan fingerprint density at radius 1 is 1.03 bits per heavy atom. The molecule has 1 aliphatic carbocycles. The number of hydrogen-bond acceptors (Lipinski definition) is 7. The second-order valence-corrected chi connectivity index (χ2v) is 10.4. The third-order valence-corrected chi connectivity index (χ3v) is 7.65. The van der Waals surface area contributed by atoms with Crippen LogP contribution in [0, 0.1) is 15.5 Å². The van der Waals surface area contributed by atoms with Gasteiger partial charge in [-0.15, -0.1) is 0 Å². The number of anilines is 3. The minimum Gasteiger partial charge on any atom is -0.410 e. The van der Waals surface area contributed by atoms with Gasteiger partial charge < -0.3 is 14.8 Å². The SMILES string of the molecule is CCC(C)(C)C1(Nc2ccc(NSc3cccc(NC(=O)Oc4ccc([N+](=O)[O-])cc4)c3)cc2)CC1. The number of nitrogens with one attached hydrogen (secondary N) is 3. The molecule has 1 fully saturated rings. The standard InChI is InChI=1S/C27H30N4O4S/c1-4-26(2,3)27(16-17-27)29-19-8-10-20(11-9-19)30-36-24-7-5-6-21(18-24)28-25(32)35-23-14-12-22(13-15-23)31(33)34/h5-15,18,29-30H,4,16-17H2,1-3H3,(H,28,32). The molecule has 3 N–H and O–H groups in total. The van der Waals surface area contributed by atoms with E-state index in [9.17, 15) is 14.9 Å². The lowest BCUT2D eigenvalue weighted by atomic mass is 9.79. The molecular weight excluding hydrogens is 476 g/mol. The molecule has 36 heavy (non-hydrogen) atoms. The van der Waals surface area contributed by atoms with Gasteiger partial charge in [-0.05, 0) is 91.2 Å². The maximum absolute atomic E-state index is 12.2. The van der Waals surface area contributed by atoms with Gasteiger partial charge in [0.25, 0.3) is 5.69 Å². The highest BCUT2D eigenvalue weighted by Gasteiger charge is 2.53. The van der Waals surface area contributed by atoms with Crippen molar-refractivity contribution in [1.29, 1.82) is 0 Å². The number of carbonyl (C=O) groups excluding carboxylic acids is 1. The van der Waals surface area contributed by atoms with Gasteiger partial charge in [-0.25, -0.2) is 4.79 Å².